The second-order valence-corrected chi connectivity index (χ2v) is 8.25. The highest BCUT2D eigenvalue weighted by Gasteiger charge is 2.40. The van der Waals surface area contributed by atoms with Crippen LogP contribution in [0.5, 0.6) is 0 Å². The Kier molecular flexibility index (Phi) is 15.3. The molecular weight excluding hydrogens is 288 g/mol. The molecule has 0 aromatic carbocycles. The maximum atomic E-state index is 2.51. The maximum Gasteiger partial charge on any atom is -0.0244 e. The van der Waals surface area contributed by atoms with Crippen LogP contribution in [0.4, 0.5) is 0 Å². The summed E-state index contributed by atoms with van der Waals surface area (Å²) in [5.74, 6) is 1.91. The molecule has 0 spiro atoms. The molecule has 0 saturated carbocycles. The van der Waals surface area contributed by atoms with E-state index in [0.717, 1.165) is 11.8 Å². The van der Waals surface area contributed by atoms with E-state index >= 15 is 0 Å². The second kappa shape index (κ2) is 15.3. The van der Waals surface area contributed by atoms with E-state index in [-0.39, 0.29) is 0 Å². The summed E-state index contributed by atoms with van der Waals surface area (Å²) in [7, 11) is 0. The van der Waals surface area contributed by atoms with Gasteiger partial charge in [-0.15, -0.1) is 0 Å². The minimum atomic E-state index is 0.624. The fraction of sp³-hybridized carbons (Fsp3) is 1.00. The van der Waals surface area contributed by atoms with E-state index in [9.17, 15) is 0 Å². The summed E-state index contributed by atoms with van der Waals surface area (Å²) >= 11 is 0. The van der Waals surface area contributed by atoms with Crippen molar-refractivity contribution in [3.05, 3.63) is 0 Å². The van der Waals surface area contributed by atoms with Crippen LogP contribution in [-0.2, 0) is 0 Å². The van der Waals surface area contributed by atoms with Gasteiger partial charge in [0, 0.05) is 0 Å². The molecule has 0 fully saturated rings. The highest BCUT2D eigenvalue weighted by Crippen LogP contribution is 2.50. The van der Waals surface area contributed by atoms with Gasteiger partial charge in [0.2, 0.25) is 0 Å². The maximum absolute atomic E-state index is 2.51. The summed E-state index contributed by atoms with van der Waals surface area (Å²) in [6.45, 7) is 14.5. The Morgan fingerprint density at radius 3 is 1.54 bits per heavy atom. The lowest BCUT2D eigenvalue weighted by atomic mass is 9.58. The van der Waals surface area contributed by atoms with E-state index in [4.69, 9.17) is 0 Å². The van der Waals surface area contributed by atoms with Gasteiger partial charge in [0.05, 0.1) is 0 Å². The summed E-state index contributed by atoms with van der Waals surface area (Å²) < 4.78 is 0. The van der Waals surface area contributed by atoms with E-state index in [1.165, 1.54) is 96.3 Å². The van der Waals surface area contributed by atoms with Gasteiger partial charge in [-0.3, -0.25) is 0 Å². The first kappa shape index (κ1) is 24.0. The van der Waals surface area contributed by atoms with Gasteiger partial charge >= 0.3 is 0 Å². The minimum absolute atomic E-state index is 0.624. The molecule has 0 aliphatic carbocycles. The molecule has 0 nitrogen and oxygen atoms in total. The van der Waals surface area contributed by atoms with Gasteiger partial charge < -0.3 is 0 Å². The van der Waals surface area contributed by atoms with Crippen molar-refractivity contribution in [2.24, 2.45) is 17.3 Å². The molecule has 3 unspecified atom stereocenters. The number of rotatable bonds is 17. The molecule has 0 aromatic rings. The van der Waals surface area contributed by atoms with E-state index in [2.05, 4.69) is 41.5 Å². The van der Waals surface area contributed by atoms with Gasteiger partial charge in [0.25, 0.3) is 0 Å². The van der Waals surface area contributed by atoms with Gasteiger partial charge in [-0.2, -0.15) is 0 Å². The molecular formula is C24H50. The molecule has 0 aliphatic rings. The molecule has 0 radical (unpaired) electrons. The van der Waals surface area contributed by atoms with Gasteiger partial charge in [-0.1, -0.05) is 119 Å². The molecule has 0 N–H and O–H groups in total. The molecule has 0 bridgehead atoms. The van der Waals surface area contributed by atoms with Crippen LogP contribution in [0, 0.1) is 17.3 Å². The highest BCUT2D eigenvalue weighted by molar-refractivity contribution is 4.90. The third-order valence-electron chi connectivity index (χ3n) is 6.81. The topological polar surface area (TPSA) is 0 Å². The zero-order valence-electron chi connectivity index (χ0n) is 18.3. The van der Waals surface area contributed by atoms with Crippen molar-refractivity contribution in [1.82, 2.24) is 0 Å². The summed E-state index contributed by atoms with van der Waals surface area (Å²) in [6.07, 6.45) is 21.4. The van der Waals surface area contributed by atoms with Crippen molar-refractivity contribution in [3.8, 4) is 0 Å². The predicted molar refractivity (Wildman–Crippen MR) is 113 cm³/mol. The number of hydrogen-bond donors (Lipinski definition) is 0. The summed E-state index contributed by atoms with van der Waals surface area (Å²) in [5, 5.41) is 0. The first-order valence-electron chi connectivity index (χ1n) is 11.7. The third-order valence-corrected chi connectivity index (χ3v) is 6.81. The predicted octanol–water partition coefficient (Wildman–Crippen LogP) is 9.18. The van der Waals surface area contributed by atoms with E-state index in [1.807, 2.05) is 0 Å². The summed E-state index contributed by atoms with van der Waals surface area (Å²) in [5.41, 5.74) is 0.624. The normalized spacial score (nSPS) is 16.8. The van der Waals surface area contributed by atoms with Crippen molar-refractivity contribution in [1.29, 1.82) is 0 Å². The summed E-state index contributed by atoms with van der Waals surface area (Å²) in [4.78, 5) is 0. The zero-order valence-corrected chi connectivity index (χ0v) is 18.3. The Morgan fingerprint density at radius 2 is 1.08 bits per heavy atom. The fourth-order valence-corrected chi connectivity index (χ4v) is 5.34. The second-order valence-electron chi connectivity index (χ2n) is 8.25. The first-order valence-corrected chi connectivity index (χ1v) is 11.7. The van der Waals surface area contributed by atoms with Crippen LogP contribution in [0.2, 0.25) is 0 Å². The monoisotopic (exact) mass is 338 g/mol. The molecule has 24 heavy (non-hydrogen) atoms. The summed E-state index contributed by atoms with van der Waals surface area (Å²) in [6, 6.07) is 0. The lowest BCUT2D eigenvalue weighted by molar-refractivity contribution is 0.0301. The van der Waals surface area contributed by atoms with Crippen LogP contribution in [-0.4, -0.2) is 0 Å². The third kappa shape index (κ3) is 7.92. The van der Waals surface area contributed by atoms with Crippen molar-refractivity contribution in [3.63, 3.8) is 0 Å². The molecule has 0 amide bonds. The Hall–Kier alpha value is 0. The van der Waals surface area contributed by atoms with E-state index in [0.29, 0.717) is 5.41 Å². The van der Waals surface area contributed by atoms with Gasteiger partial charge in [0.15, 0.2) is 0 Å². The molecule has 0 aromatic heterocycles. The molecule has 0 aliphatic heterocycles. The van der Waals surface area contributed by atoms with Gasteiger partial charge in [0.1, 0.15) is 0 Å². The number of hydrogen-bond acceptors (Lipinski definition) is 0. The highest BCUT2D eigenvalue weighted by atomic mass is 14.5. The van der Waals surface area contributed by atoms with Crippen molar-refractivity contribution in [2.45, 2.75) is 138 Å². The standard InChI is InChI=1S/C24H50/c1-7-13-15-17-20-23(11-5)24(12-6,21-18-16-14-8-2)22(10-4)19-9-3/h22-23H,7-21H2,1-6H3. The molecule has 146 valence electrons. The van der Waals surface area contributed by atoms with Gasteiger partial charge in [-0.25, -0.2) is 0 Å². The quantitative estimate of drug-likeness (QED) is 0.232. The zero-order chi connectivity index (χ0) is 18.3. The Labute approximate surface area is 155 Å². The molecule has 0 saturated heterocycles. The van der Waals surface area contributed by atoms with Crippen molar-refractivity contribution in [2.75, 3.05) is 0 Å². The van der Waals surface area contributed by atoms with Crippen LogP contribution in [0.1, 0.15) is 138 Å². The van der Waals surface area contributed by atoms with Crippen LogP contribution < -0.4 is 0 Å². The average molecular weight is 339 g/mol. The van der Waals surface area contributed by atoms with Crippen molar-refractivity contribution >= 4 is 0 Å². The molecule has 0 heterocycles. The first-order chi connectivity index (χ1) is 11.7. The molecule has 0 heteroatoms. The van der Waals surface area contributed by atoms with Crippen LogP contribution in [0.25, 0.3) is 0 Å². The lowest BCUT2D eigenvalue weighted by Gasteiger charge is -2.47. The largest absolute Gasteiger partial charge is 0.0654 e. The molecule has 3 atom stereocenters. The van der Waals surface area contributed by atoms with Crippen molar-refractivity contribution < 1.29 is 0 Å². The van der Waals surface area contributed by atoms with Crippen LogP contribution >= 0.6 is 0 Å². The minimum Gasteiger partial charge on any atom is -0.0654 e. The smallest absolute Gasteiger partial charge is 0.0244 e. The lowest BCUT2D eigenvalue weighted by Crippen LogP contribution is -2.38. The Balaban J connectivity index is 5.11. The number of unbranched alkanes of at least 4 members (excludes halogenated alkanes) is 6. The average Bonchev–Trinajstić information content (AvgIpc) is 2.61. The van der Waals surface area contributed by atoms with Gasteiger partial charge in [-0.05, 0) is 36.5 Å². The SMILES string of the molecule is CCCCCCC(CC)C(CC)(CCCCCC)C(CC)CCC. The fourth-order valence-electron chi connectivity index (χ4n) is 5.34. The van der Waals surface area contributed by atoms with Crippen LogP contribution in [0.3, 0.4) is 0 Å². The Bertz CT molecular complexity index is 257. The Morgan fingerprint density at radius 1 is 0.542 bits per heavy atom. The van der Waals surface area contributed by atoms with E-state index < -0.39 is 0 Å². The van der Waals surface area contributed by atoms with E-state index in [1.54, 1.807) is 0 Å². The van der Waals surface area contributed by atoms with Crippen LogP contribution in [0.15, 0.2) is 0 Å². The molecule has 0 rings (SSSR count).